The number of para-hydroxylation sites is 1. The van der Waals surface area contributed by atoms with Gasteiger partial charge in [0.05, 0.1) is 23.7 Å². The second kappa shape index (κ2) is 6.85. The molecular weight excluding hydrogens is 336 g/mol. The van der Waals surface area contributed by atoms with Crippen LogP contribution in [0.2, 0.25) is 0 Å². The van der Waals surface area contributed by atoms with Crippen molar-refractivity contribution in [1.29, 1.82) is 5.26 Å². The summed E-state index contributed by atoms with van der Waals surface area (Å²) in [5.41, 5.74) is 4.18. The van der Waals surface area contributed by atoms with E-state index in [-0.39, 0.29) is 0 Å². The van der Waals surface area contributed by atoms with Crippen LogP contribution in [0.15, 0.2) is 61.3 Å². The van der Waals surface area contributed by atoms with Crippen LogP contribution >= 0.6 is 0 Å². The number of nitrogens with one attached hydrogen (secondary N) is 1. The minimum Gasteiger partial charge on any atom is -0.497 e. The van der Waals surface area contributed by atoms with Gasteiger partial charge in [0.25, 0.3) is 0 Å². The lowest BCUT2D eigenvalue weighted by atomic mass is 10.1. The molecule has 2 heterocycles. The van der Waals surface area contributed by atoms with Gasteiger partial charge in [0, 0.05) is 35.3 Å². The van der Waals surface area contributed by atoms with Crippen LogP contribution in [-0.2, 0) is 6.54 Å². The molecule has 27 heavy (non-hydrogen) atoms. The fraction of sp³-hybridized carbons (Fsp3) is 0.0909. The molecule has 2 aromatic carbocycles. The number of imidazole rings is 1. The summed E-state index contributed by atoms with van der Waals surface area (Å²) in [6.07, 6.45) is 5.77. The van der Waals surface area contributed by atoms with Crippen molar-refractivity contribution in [2.24, 2.45) is 0 Å². The van der Waals surface area contributed by atoms with Crippen molar-refractivity contribution in [3.63, 3.8) is 0 Å². The predicted octanol–water partition coefficient (Wildman–Crippen LogP) is 4.78. The third kappa shape index (κ3) is 2.98. The summed E-state index contributed by atoms with van der Waals surface area (Å²) in [6, 6.07) is 16.0. The molecule has 0 unspecified atom stereocenters. The highest BCUT2D eigenvalue weighted by Gasteiger charge is 2.11. The van der Waals surface area contributed by atoms with Gasteiger partial charge in [-0.2, -0.15) is 5.26 Å². The van der Waals surface area contributed by atoms with Gasteiger partial charge in [-0.05, 0) is 24.3 Å². The van der Waals surface area contributed by atoms with Crippen LogP contribution in [-0.4, -0.2) is 21.6 Å². The molecule has 0 aliphatic rings. The number of aromatic amines is 1. The van der Waals surface area contributed by atoms with E-state index in [4.69, 9.17) is 4.74 Å². The van der Waals surface area contributed by atoms with Crippen LogP contribution in [0.3, 0.4) is 0 Å². The number of allylic oxidation sites excluding steroid dienone is 2. The first kappa shape index (κ1) is 16.7. The molecule has 5 nitrogen and oxygen atoms in total. The highest BCUT2D eigenvalue weighted by molar-refractivity contribution is 5.98. The first-order valence-electron chi connectivity index (χ1n) is 8.58. The maximum atomic E-state index is 9.72. The average Bonchev–Trinajstić information content (AvgIpc) is 3.27. The predicted molar refractivity (Wildman–Crippen MR) is 108 cm³/mol. The zero-order valence-electron chi connectivity index (χ0n) is 14.9. The van der Waals surface area contributed by atoms with Gasteiger partial charge in [-0.3, -0.25) is 0 Å². The van der Waals surface area contributed by atoms with E-state index in [2.05, 4.69) is 39.3 Å². The monoisotopic (exact) mass is 354 g/mol. The first-order valence-corrected chi connectivity index (χ1v) is 8.58. The van der Waals surface area contributed by atoms with Crippen LogP contribution in [0.5, 0.6) is 5.75 Å². The number of hydrogen-bond acceptors (Lipinski definition) is 3. The maximum absolute atomic E-state index is 9.72. The standard InChI is InChI=1S/C22H18N4O/c1-3-10-26-14-16(18-6-4-5-7-21(18)26)11-15(13-23)22-24-19-9-8-17(27-2)12-20(19)25-22/h3-9,11-12,14H,1,10H2,2H3,(H,24,25)/b15-11-. The van der Waals surface area contributed by atoms with Gasteiger partial charge in [0.1, 0.15) is 17.6 Å². The zero-order chi connectivity index (χ0) is 18.8. The van der Waals surface area contributed by atoms with Gasteiger partial charge in [-0.1, -0.05) is 24.3 Å². The summed E-state index contributed by atoms with van der Waals surface area (Å²) in [7, 11) is 1.62. The number of hydrogen-bond donors (Lipinski definition) is 1. The molecule has 0 bridgehead atoms. The third-order valence-electron chi connectivity index (χ3n) is 4.51. The Morgan fingerprint density at radius 2 is 2.19 bits per heavy atom. The van der Waals surface area contributed by atoms with E-state index >= 15 is 0 Å². The van der Waals surface area contributed by atoms with Gasteiger partial charge >= 0.3 is 0 Å². The molecule has 0 fully saturated rings. The van der Waals surface area contributed by atoms with E-state index in [9.17, 15) is 5.26 Å². The molecule has 2 aromatic heterocycles. The number of ether oxygens (including phenoxy) is 1. The van der Waals surface area contributed by atoms with Crippen molar-refractivity contribution >= 4 is 33.6 Å². The fourth-order valence-electron chi connectivity index (χ4n) is 3.23. The van der Waals surface area contributed by atoms with Gasteiger partial charge in [0.2, 0.25) is 0 Å². The Bertz CT molecular complexity index is 1220. The number of H-pyrrole nitrogens is 1. The lowest BCUT2D eigenvalue weighted by Crippen LogP contribution is -1.91. The van der Waals surface area contributed by atoms with Gasteiger partial charge in [0.15, 0.2) is 0 Å². The van der Waals surface area contributed by atoms with Crippen molar-refractivity contribution in [2.45, 2.75) is 6.54 Å². The van der Waals surface area contributed by atoms with E-state index in [1.165, 1.54) is 0 Å². The Hall–Kier alpha value is -3.78. The molecule has 132 valence electrons. The van der Waals surface area contributed by atoms with Crippen LogP contribution in [0.1, 0.15) is 11.4 Å². The Balaban J connectivity index is 1.83. The van der Waals surface area contributed by atoms with Gasteiger partial charge < -0.3 is 14.3 Å². The topological polar surface area (TPSA) is 66.6 Å². The normalized spacial score (nSPS) is 11.6. The van der Waals surface area contributed by atoms with Crippen molar-refractivity contribution in [3.05, 3.63) is 72.7 Å². The summed E-state index contributed by atoms with van der Waals surface area (Å²) in [5, 5.41) is 10.8. The number of fused-ring (bicyclic) bond motifs is 2. The third-order valence-corrected chi connectivity index (χ3v) is 4.51. The number of aromatic nitrogens is 3. The van der Waals surface area contributed by atoms with E-state index in [1.807, 2.05) is 48.7 Å². The summed E-state index contributed by atoms with van der Waals surface area (Å²) in [5.74, 6) is 1.29. The SMILES string of the molecule is C=CCn1cc(/C=C(/C#N)c2nc3ccc(OC)cc3[nH]2)c2ccccc21. The molecular formula is C22H18N4O. The van der Waals surface area contributed by atoms with E-state index < -0.39 is 0 Å². The molecule has 0 saturated heterocycles. The molecule has 0 aliphatic carbocycles. The van der Waals surface area contributed by atoms with Crippen molar-refractivity contribution in [3.8, 4) is 11.8 Å². The molecule has 0 saturated carbocycles. The minimum absolute atomic E-state index is 0.478. The highest BCUT2D eigenvalue weighted by Crippen LogP contribution is 2.27. The summed E-state index contributed by atoms with van der Waals surface area (Å²) in [6.45, 7) is 4.53. The number of methoxy groups -OCH3 is 1. The maximum Gasteiger partial charge on any atom is 0.149 e. The first-order chi connectivity index (χ1) is 13.2. The van der Waals surface area contributed by atoms with Crippen molar-refractivity contribution in [2.75, 3.05) is 7.11 Å². The average molecular weight is 354 g/mol. The van der Waals surface area contributed by atoms with E-state index in [1.54, 1.807) is 7.11 Å². The molecule has 0 amide bonds. The van der Waals surface area contributed by atoms with Crippen LogP contribution in [0.25, 0.3) is 33.6 Å². The molecule has 0 radical (unpaired) electrons. The highest BCUT2D eigenvalue weighted by atomic mass is 16.5. The number of benzene rings is 2. The number of rotatable bonds is 5. The summed E-state index contributed by atoms with van der Waals surface area (Å²) >= 11 is 0. The Morgan fingerprint density at radius 1 is 1.33 bits per heavy atom. The lowest BCUT2D eigenvalue weighted by molar-refractivity contribution is 0.415. The van der Waals surface area contributed by atoms with Gasteiger partial charge in [-0.15, -0.1) is 6.58 Å². The number of nitriles is 1. The largest absolute Gasteiger partial charge is 0.497 e. The molecule has 0 atom stereocenters. The number of nitrogens with zero attached hydrogens (tertiary/aromatic N) is 3. The molecule has 4 aromatic rings. The second-order valence-corrected chi connectivity index (χ2v) is 6.18. The second-order valence-electron chi connectivity index (χ2n) is 6.18. The molecule has 5 heteroatoms. The lowest BCUT2D eigenvalue weighted by Gasteiger charge is -1.98. The quantitative estimate of drug-likeness (QED) is 0.414. The van der Waals surface area contributed by atoms with E-state index in [0.29, 0.717) is 17.9 Å². The molecule has 0 aliphatic heterocycles. The van der Waals surface area contributed by atoms with Crippen molar-refractivity contribution < 1.29 is 4.74 Å². The van der Waals surface area contributed by atoms with Crippen LogP contribution < -0.4 is 4.74 Å². The Labute approximate surface area is 156 Å². The summed E-state index contributed by atoms with van der Waals surface area (Å²) in [4.78, 5) is 7.77. The van der Waals surface area contributed by atoms with Crippen molar-refractivity contribution in [1.82, 2.24) is 14.5 Å². The molecule has 0 spiro atoms. The fourth-order valence-corrected chi connectivity index (χ4v) is 3.23. The zero-order valence-corrected chi connectivity index (χ0v) is 14.9. The summed E-state index contributed by atoms with van der Waals surface area (Å²) < 4.78 is 7.37. The smallest absolute Gasteiger partial charge is 0.149 e. The molecule has 1 N–H and O–H groups in total. The Morgan fingerprint density at radius 3 is 2.96 bits per heavy atom. The van der Waals surface area contributed by atoms with Crippen LogP contribution in [0, 0.1) is 11.3 Å². The van der Waals surface area contributed by atoms with E-state index in [0.717, 1.165) is 33.2 Å². The molecule has 4 rings (SSSR count). The minimum atomic E-state index is 0.478. The Kier molecular flexibility index (Phi) is 4.23. The van der Waals surface area contributed by atoms with Gasteiger partial charge in [-0.25, -0.2) is 4.98 Å². The van der Waals surface area contributed by atoms with Crippen LogP contribution in [0.4, 0.5) is 0 Å².